The molecule has 0 spiro atoms. The smallest absolute Gasteiger partial charge is 0.0167 e. The first kappa shape index (κ1) is 13.0. The summed E-state index contributed by atoms with van der Waals surface area (Å²) in [5.74, 6) is 0.935. The lowest BCUT2D eigenvalue weighted by Gasteiger charge is -2.34. The van der Waals surface area contributed by atoms with Crippen LogP contribution in [0.25, 0.3) is 0 Å². The van der Waals surface area contributed by atoms with Crippen LogP contribution in [0.5, 0.6) is 0 Å². The van der Waals surface area contributed by atoms with Gasteiger partial charge >= 0.3 is 0 Å². The summed E-state index contributed by atoms with van der Waals surface area (Å²) in [6, 6.07) is 0. The van der Waals surface area contributed by atoms with Gasteiger partial charge in [-0.15, -0.1) is 0 Å². The number of hydrogen-bond acceptors (Lipinski definition) is 1. The van der Waals surface area contributed by atoms with E-state index in [4.69, 9.17) is 0 Å². The monoisotopic (exact) mass is 185 g/mol. The molecule has 0 radical (unpaired) electrons. The van der Waals surface area contributed by atoms with E-state index in [1.807, 2.05) is 14.1 Å². The van der Waals surface area contributed by atoms with Gasteiger partial charge in [0.2, 0.25) is 0 Å². The summed E-state index contributed by atoms with van der Waals surface area (Å²) >= 11 is 0. The number of nitrogens with one attached hydrogen (secondary N) is 1. The molecule has 1 N–H and O–H groups in total. The zero-order valence-corrected chi connectivity index (χ0v) is 10.5. The second kappa shape index (κ2) is 4.45. The Morgan fingerprint density at radius 3 is 1.23 bits per heavy atom. The van der Waals surface area contributed by atoms with Crippen molar-refractivity contribution in [3.8, 4) is 0 Å². The van der Waals surface area contributed by atoms with Gasteiger partial charge in [-0.05, 0) is 43.7 Å². The van der Waals surface area contributed by atoms with E-state index < -0.39 is 0 Å². The Kier molecular flexibility index (Phi) is 4.44. The van der Waals surface area contributed by atoms with Gasteiger partial charge in [0.1, 0.15) is 0 Å². The summed E-state index contributed by atoms with van der Waals surface area (Å²) < 4.78 is 0. The maximum absolute atomic E-state index is 2.75. The first-order valence-corrected chi connectivity index (χ1v) is 5.35. The van der Waals surface area contributed by atoms with E-state index in [0.29, 0.717) is 10.8 Å². The third-order valence-electron chi connectivity index (χ3n) is 3.55. The summed E-state index contributed by atoms with van der Waals surface area (Å²) in [5, 5.41) is 2.75. The minimum absolute atomic E-state index is 0.562. The van der Waals surface area contributed by atoms with Crippen LogP contribution in [-0.4, -0.2) is 14.1 Å². The number of rotatable bonds is 0. The molecule has 1 aliphatic carbocycles. The molecule has 0 aliphatic heterocycles. The SMILES string of the molecule is CC1CC(C)(C)C(C)(C)C1.CNC. The van der Waals surface area contributed by atoms with Gasteiger partial charge < -0.3 is 5.32 Å². The highest BCUT2D eigenvalue weighted by atomic mass is 14.7. The largest absolute Gasteiger partial charge is 0.323 e. The van der Waals surface area contributed by atoms with Crippen LogP contribution in [0.1, 0.15) is 47.5 Å². The Balaban J connectivity index is 0.000000424. The number of hydrogen-bond donors (Lipinski definition) is 1. The van der Waals surface area contributed by atoms with Crippen LogP contribution < -0.4 is 5.32 Å². The molecule has 0 aromatic heterocycles. The van der Waals surface area contributed by atoms with E-state index in [2.05, 4.69) is 39.9 Å². The van der Waals surface area contributed by atoms with Gasteiger partial charge in [-0.1, -0.05) is 34.6 Å². The second-order valence-corrected chi connectivity index (χ2v) is 5.78. The second-order valence-electron chi connectivity index (χ2n) is 5.78. The maximum atomic E-state index is 2.75. The van der Waals surface area contributed by atoms with E-state index >= 15 is 0 Å². The van der Waals surface area contributed by atoms with Gasteiger partial charge in [-0.3, -0.25) is 0 Å². The average Bonchev–Trinajstić information content (AvgIpc) is 2.00. The van der Waals surface area contributed by atoms with Crippen LogP contribution in [0, 0.1) is 16.7 Å². The van der Waals surface area contributed by atoms with E-state index in [-0.39, 0.29) is 0 Å². The van der Waals surface area contributed by atoms with Crippen LogP contribution in [-0.2, 0) is 0 Å². The van der Waals surface area contributed by atoms with Gasteiger partial charge in [0.25, 0.3) is 0 Å². The van der Waals surface area contributed by atoms with Crippen molar-refractivity contribution in [2.75, 3.05) is 14.1 Å². The normalized spacial score (nSPS) is 25.2. The molecule has 0 aromatic rings. The minimum Gasteiger partial charge on any atom is -0.323 e. The lowest BCUT2D eigenvalue weighted by molar-refractivity contribution is 0.157. The summed E-state index contributed by atoms with van der Waals surface area (Å²) in [6.45, 7) is 12.0. The van der Waals surface area contributed by atoms with Crippen molar-refractivity contribution in [1.29, 1.82) is 0 Å². The Hall–Kier alpha value is -0.0400. The fourth-order valence-corrected chi connectivity index (χ4v) is 2.37. The summed E-state index contributed by atoms with van der Waals surface area (Å²) in [5.41, 5.74) is 1.12. The van der Waals surface area contributed by atoms with Gasteiger partial charge in [0, 0.05) is 0 Å². The van der Waals surface area contributed by atoms with Crippen molar-refractivity contribution in [2.45, 2.75) is 47.5 Å². The van der Waals surface area contributed by atoms with Gasteiger partial charge in [-0.25, -0.2) is 0 Å². The van der Waals surface area contributed by atoms with Gasteiger partial charge in [0.15, 0.2) is 0 Å². The molecule has 80 valence electrons. The molecule has 1 nitrogen and oxygen atoms in total. The minimum atomic E-state index is 0.562. The highest BCUT2D eigenvalue weighted by Crippen LogP contribution is 2.54. The first-order chi connectivity index (χ1) is 5.77. The Labute approximate surface area is 84.3 Å². The van der Waals surface area contributed by atoms with E-state index in [0.717, 1.165) is 5.92 Å². The zero-order chi connectivity index (χ0) is 10.7. The van der Waals surface area contributed by atoms with E-state index in [1.165, 1.54) is 12.8 Å². The molecule has 1 fully saturated rings. The molecular formula is C12H27N. The predicted octanol–water partition coefficient (Wildman–Crippen LogP) is 3.30. The molecule has 0 saturated heterocycles. The van der Waals surface area contributed by atoms with Crippen molar-refractivity contribution in [3.05, 3.63) is 0 Å². The van der Waals surface area contributed by atoms with Crippen LogP contribution in [0.4, 0.5) is 0 Å². The fraction of sp³-hybridized carbons (Fsp3) is 1.00. The van der Waals surface area contributed by atoms with Crippen molar-refractivity contribution >= 4 is 0 Å². The first-order valence-electron chi connectivity index (χ1n) is 5.35. The summed E-state index contributed by atoms with van der Waals surface area (Å²) in [7, 11) is 3.75. The molecule has 1 rings (SSSR count). The molecular weight excluding hydrogens is 158 g/mol. The van der Waals surface area contributed by atoms with Crippen LogP contribution >= 0.6 is 0 Å². The molecule has 0 amide bonds. The molecule has 0 aromatic carbocycles. The molecule has 0 bridgehead atoms. The van der Waals surface area contributed by atoms with E-state index in [1.54, 1.807) is 0 Å². The fourth-order valence-electron chi connectivity index (χ4n) is 2.37. The van der Waals surface area contributed by atoms with Gasteiger partial charge in [-0.2, -0.15) is 0 Å². The van der Waals surface area contributed by atoms with Crippen molar-refractivity contribution in [2.24, 2.45) is 16.7 Å². The lowest BCUT2D eigenvalue weighted by Crippen LogP contribution is -2.25. The molecule has 1 heteroatoms. The molecule has 0 unspecified atom stereocenters. The molecule has 1 aliphatic rings. The highest BCUT2D eigenvalue weighted by molar-refractivity contribution is 4.94. The lowest BCUT2D eigenvalue weighted by atomic mass is 9.71. The molecule has 1 saturated carbocycles. The Bertz CT molecular complexity index is 131. The highest BCUT2D eigenvalue weighted by Gasteiger charge is 2.44. The van der Waals surface area contributed by atoms with Crippen molar-refractivity contribution in [1.82, 2.24) is 5.32 Å². The van der Waals surface area contributed by atoms with Crippen molar-refractivity contribution in [3.63, 3.8) is 0 Å². The quantitative estimate of drug-likeness (QED) is 0.610. The summed E-state index contributed by atoms with van der Waals surface area (Å²) in [4.78, 5) is 0. The topological polar surface area (TPSA) is 12.0 Å². The summed E-state index contributed by atoms with van der Waals surface area (Å²) in [6.07, 6.45) is 2.81. The zero-order valence-electron chi connectivity index (χ0n) is 10.5. The van der Waals surface area contributed by atoms with E-state index in [9.17, 15) is 0 Å². The van der Waals surface area contributed by atoms with Gasteiger partial charge in [0.05, 0.1) is 0 Å². The van der Waals surface area contributed by atoms with Crippen LogP contribution in [0.15, 0.2) is 0 Å². The average molecular weight is 185 g/mol. The third-order valence-corrected chi connectivity index (χ3v) is 3.55. The molecule has 0 atom stereocenters. The third kappa shape index (κ3) is 3.30. The van der Waals surface area contributed by atoms with Crippen LogP contribution in [0.2, 0.25) is 0 Å². The maximum Gasteiger partial charge on any atom is -0.0167 e. The molecule has 13 heavy (non-hydrogen) atoms. The standard InChI is InChI=1S/C10H20.C2H7N/c1-8-6-9(2,3)10(4,5)7-8;1-3-2/h8H,6-7H2,1-5H3;3H,1-2H3. The Morgan fingerprint density at radius 1 is 0.923 bits per heavy atom. The molecule has 0 heterocycles. The van der Waals surface area contributed by atoms with Crippen molar-refractivity contribution < 1.29 is 0 Å². The van der Waals surface area contributed by atoms with Crippen LogP contribution in [0.3, 0.4) is 0 Å². The Morgan fingerprint density at radius 2 is 1.15 bits per heavy atom. The predicted molar refractivity (Wildman–Crippen MR) is 60.9 cm³/mol.